The van der Waals surface area contributed by atoms with E-state index in [1.165, 1.54) is 37.8 Å². The van der Waals surface area contributed by atoms with Crippen LogP contribution >= 0.6 is 0 Å². The molecule has 1 aliphatic rings. The number of carboxylic acid groups (broad SMARTS) is 1. The fraction of sp³-hybridized carbons (Fsp3) is 0.381. The van der Waals surface area contributed by atoms with Gasteiger partial charge in [0.2, 0.25) is 0 Å². The fourth-order valence-electron chi connectivity index (χ4n) is 3.57. The lowest BCUT2D eigenvalue weighted by Crippen LogP contribution is -2.34. The van der Waals surface area contributed by atoms with Gasteiger partial charge in [-0.25, -0.2) is 9.18 Å². The maximum absolute atomic E-state index is 13.1. The van der Waals surface area contributed by atoms with Gasteiger partial charge < -0.3 is 5.11 Å². The summed E-state index contributed by atoms with van der Waals surface area (Å²) in [6.45, 7) is 1.75. The number of carboxylic acids is 1. The molecular weight excluding hydrogens is 317 g/mol. The minimum absolute atomic E-state index is 0.199. The molecule has 0 aromatic heterocycles. The molecule has 132 valence electrons. The number of hydrogen-bond acceptors (Lipinski definition) is 2. The molecule has 0 heterocycles. The van der Waals surface area contributed by atoms with Crippen LogP contribution in [0.1, 0.15) is 47.2 Å². The van der Waals surface area contributed by atoms with Gasteiger partial charge in [-0.05, 0) is 54.7 Å². The Bertz CT molecular complexity index is 691. The third kappa shape index (κ3) is 4.89. The van der Waals surface area contributed by atoms with E-state index < -0.39 is 5.97 Å². The van der Waals surface area contributed by atoms with Gasteiger partial charge in [-0.3, -0.25) is 4.90 Å². The van der Waals surface area contributed by atoms with Crippen molar-refractivity contribution in [1.29, 1.82) is 0 Å². The summed E-state index contributed by atoms with van der Waals surface area (Å²) in [5, 5.41) is 9.02. The number of aromatic carboxylic acids is 1. The van der Waals surface area contributed by atoms with Crippen molar-refractivity contribution in [3.8, 4) is 0 Å². The molecule has 1 fully saturated rings. The zero-order valence-corrected chi connectivity index (χ0v) is 14.3. The lowest BCUT2D eigenvalue weighted by Gasteiger charge is -2.29. The molecule has 1 aliphatic carbocycles. The van der Waals surface area contributed by atoms with Crippen molar-refractivity contribution < 1.29 is 14.3 Å². The normalized spacial score (nSPS) is 15.0. The predicted octanol–water partition coefficient (Wildman–Crippen LogP) is 4.51. The summed E-state index contributed by atoms with van der Waals surface area (Å²) < 4.78 is 13.1. The number of nitrogens with zero attached hydrogens (tertiary/aromatic N) is 1. The summed E-state index contributed by atoms with van der Waals surface area (Å²) in [7, 11) is 0. The molecule has 0 unspecified atom stereocenters. The second kappa shape index (κ2) is 8.26. The van der Waals surface area contributed by atoms with Gasteiger partial charge in [0.1, 0.15) is 5.82 Å². The molecule has 0 amide bonds. The van der Waals surface area contributed by atoms with Crippen LogP contribution in [0.3, 0.4) is 0 Å². The van der Waals surface area contributed by atoms with Crippen LogP contribution < -0.4 is 0 Å². The molecule has 4 heteroatoms. The highest BCUT2D eigenvalue weighted by molar-refractivity contribution is 5.87. The van der Waals surface area contributed by atoms with E-state index in [2.05, 4.69) is 4.90 Å². The highest BCUT2D eigenvalue weighted by atomic mass is 19.1. The van der Waals surface area contributed by atoms with Crippen LogP contribution in [0.5, 0.6) is 0 Å². The van der Waals surface area contributed by atoms with Crippen molar-refractivity contribution in [2.24, 2.45) is 0 Å². The van der Waals surface area contributed by atoms with Gasteiger partial charge in [0.15, 0.2) is 0 Å². The van der Waals surface area contributed by atoms with Crippen molar-refractivity contribution in [2.45, 2.75) is 44.7 Å². The number of carbonyl (C=O) groups is 1. The Morgan fingerprint density at radius 1 is 1.00 bits per heavy atom. The highest BCUT2D eigenvalue weighted by Crippen LogP contribution is 2.25. The van der Waals surface area contributed by atoms with E-state index in [-0.39, 0.29) is 5.82 Å². The first-order chi connectivity index (χ1) is 12.1. The smallest absolute Gasteiger partial charge is 0.335 e. The molecule has 3 nitrogen and oxygen atoms in total. The van der Waals surface area contributed by atoms with Crippen LogP contribution in [-0.4, -0.2) is 28.6 Å². The Morgan fingerprint density at radius 3 is 2.20 bits per heavy atom. The molecule has 0 radical (unpaired) electrons. The molecule has 1 N–H and O–H groups in total. The van der Waals surface area contributed by atoms with Gasteiger partial charge in [0, 0.05) is 19.1 Å². The maximum atomic E-state index is 13.1. The number of rotatable bonds is 7. The molecule has 25 heavy (non-hydrogen) atoms. The Hall–Kier alpha value is -2.20. The van der Waals surface area contributed by atoms with Crippen molar-refractivity contribution in [3.63, 3.8) is 0 Å². The van der Waals surface area contributed by atoms with E-state index in [1.807, 2.05) is 24.3 Å². The quantitative estimate of drug-likeness (QED) is 0.805. The average Bonchev–Trinajstić information content (AvgIpc) is 3.15. The minimum Gasteiger partial charge on any atom is -0.478 e. The fourth-order valence-corrected chi connectivity index (χ4v) is 3.57. The summed E-state index contributed by atoms with van der Waals surface area (Å²) >= 11 is 0. The van der Waals surface area contributed by atoms with Crippen LogP contribution in [0.15, 0.2) is 48.5 Å². The second-order valence-electron chi connectivity index (χ2n) is 6.79. The van der Waals surface area contributed by atoms with Crippen LogP contribution in [0.2, 0.25) is 0 Å². The molecule has 0 spiro atoms. The Balaban J connectivity index is 1.66. The van der Waals surface area contributed by atoms with E-state index in [0.717, 1.165) is 30.6 Å². The largest absolute Gasteiger partial charge is 0.478 e. The van der Waals surface area contributed by atoms with Crippen LogP contribution in [0.25, 0.3) is 0 Å². The lowest BCUT2D eigenvalue weighted by molar-refractivity contribution is 0.0697. The first kappa shape index (κ1) is 17.6. The topological polar surface area (TPSA) is 40.5 Å². The van der Waals surface area contributed by atoms with Gasteiger partial charge in [-0.1, -0.05) is 37.1 Å². The second-order valence-corrected chi connectivity index (χ2v) is 6.79. The molecule has 2 aromatic carbocycles. The van der Waals surface area contributed by atoms with Crippen LogP contribution in [0.4, 0.5) is 4.39 Å². The molecule has 1 saturated carbocycles. The predicted molar refractivity (Wildman–Crippen MR) is 96.2 cm³/mol. The molecule has 2 aromatic rings. The first-order valence-corrected chi connectivity index (χ1v) is 8.92. The molecular formula is C21H24FNO2. The van der Waals surface area contributed by atoms with Gasteiger partial charge in [-0.2, -0.15) is 0 Å². The number of hydrogen-bond donors (Lipinski definition) is 1. The third-order valence-electron chi connectivity index (χ3n) is 5.03. The van der Waals surface area contributed by atoms with Gasteiger partial charge in [0.25, 0.3) is 0 Å². The number of halogens is 1. The standard InChI is InChI=1S/C21H24FNO2/c22-19-11-7-16(8-12-19)13-14-23(20-3-1-2-4-20)15-17-5-9-18(10-6-17)21(24)25/h5-12,20H,1-4,13-15H2,(H,24,25). The van der Waals surface area contributed by atoms with E-state index >= 15 is 0 Å². The Kier molecular flexibility index (Phi) is 5.82. The van der Waals surface area contributed by atoms with E-state index in [9.17, 15) is 9.18 Å². The zero-order valence-electron chi connectivity index (χ0n) is 14.3. The third-order valence-corrected chi connectivity index (χ3v) is 5.03. The van der Waals surface area contributed by atoms with E-state index in [1.54, 1.807) is 12.1 Å². The Labute approximate surface area is 148 Å². The lowest BCUT2D eigenvalue weighted by atomic mass is 10.1. The van der Waals surface area contributed by atoms with Crippen molar-refractivity contribution in [1.82, 2.24) is 4.90 Å². The maximum Gasteiger partial charge on any atom is 0.335 e. The summed E-state index contributed by atoms with van der Waals surface area (Å²) in [5.41, 5.74) is 2.60. The van der Waals surface area contributed by atoms with Gasteiger partial charge in [0.05, 0.1) is 5.56 Å². The highest BCUT2D eigenvalue weighted by Gasteiger charge is 2.22. The van der Waals surface area contributed by atoms with Crippen molar-refractivity contribution in [3.05, 3.63) is 71.0 Å². The molecule has 0 bridgehead atoms. The SMILES string of the molecule is O=C(O)c1ccc(CN(CCc2ccc(F)cc2)C2CCCC2)cc1. The first-order valence-electron chi connectivity index (χ1n) is 8.92. The van der Waals surface area contributed by atoms with Gasteiger partial charge >= 0.3 is 5.97 Å². The molecule has 0 aliphatic heterocycles. The summed E-state index contributed by atoms with van der Waals surface area (Å²) in [6.07, 6.45) is 5.88. The monoisotopic (exact) mass is 341 g/mol. The zero-order chi connectivity index (χ0) is 17.6. The van der Waals surface area contributed by atoms with E-state index in [0.29, 0.717) is 11.6 Å². The van der Waals surface area contributed by atoms with Crippen LogP contribution in [-0.2, 0) is 13.0 Å². The summed E-state index contributed by atoms with van der Waals surface area (Å²) in [6, 6.07) is 14.5. The summed E-state index contributed by atoms with van der Waals surface area (Å²) in [4.78, 5) is 13.5. The van der Waals surface area contributed by atoms with Gasteiger partial charge in [-0.15, -0.1) is 0 Å². The molecule has 0 saturated heterocycles. The van der Waals surface area contributed by atoms with Crippen molar-refractivity contribution in [2.75, 3.05) is 6.54 Å². The van der Waals surface area contributed by atoms with E-state index in [4.69, 9.17) is 5.11 Å². The number of benzene rings is 2. The molecule has 3 rings (SSSR count). The minimum atomic E-state index is -0.893. The Morgan fingerprint density at radius 2 is 1.60 bits per heavy atom. The van der Waals surface area contributed by atoms with Crippen molar-refractivity contribution >= 4 is 5.97 Å². The summed E-state index contributed by atoms with van der Waals surface area (Å²) in [5.74, 6) is -1.09. The average molecular weight is 341 g/mol. The molecule has 0 atom stereocenters. The van der Waals surface area contributed by atoms with Crippen LogP contribution in [0, 0.1) is 5.82 Å².